The molecule has 2 heteroatoms. The first-order chi connectivity index (χ1) is 6.09. The topological polar surface area (TPSA) is 29.1 Å². The average Bonchev–Trinajstić information content (AvgIpc) is 2.04. The second kappa shape index (κ2) is 4.08. The quantitative estimate of drug-likeness (QED) is 0.737. The van der Waals surface area contributed by atoms with Crippen molar-refractivity contribution < 1.29 is 4.79 Å². The minimum Gasteiger partial charge on any atom is -0.350 e. The standard InChI is InChI=1S/C11H15NO/c1-8-4-6-11(7-5-8)9(2)12-10(3)13/h4-7,9H,1-3H3,(H,12,13). The molecule has 1 amide bonds. The fraction of sp³-hybridized carbons (Fsp3) is 0.364. The largest absolute Gasteiger partial charge is 0.350 e. The number of hydrogen-bond acceptors (Lipinski definition) is 1. The van der Waals surface area contributed by atoms with Gasteiger partial charge >= 0.3 is 0 Å². The van der Waals surface area contributed by atoms with Crippen LogP contribution in [0.2, 0.25) is 0 Å². The Morgan fingerprint density at radius 3 is 2.31 bits per heavy atom. The molecule has 1 aromatic carbocycles. The molecule has 0 spiro atoms. The zero-order chi connectivity index (χ0) is 9.84. The van der Waals surface area contributed by atoms with Crippen LogP contribution in [0.5, 0.6) is 0 Å². The van der Waals surface area contributed by atoms with E-state index in [0.717, 1.165) is 5.56 Å². The van der Waals surface area contributed by atoms with Crippen molar-refractivity contribution in [2.45, 2.75) is 26.8 Å². The van der Waals surface area contributed by atoms with Gasteiger partial charge in [0.25, 0.3) is 0 Å². The normalized spacial score (nSPS) is 12.2. The molecule has 0 aliphatic carbocycles. The summed E-state index contributed by atoms with van der Waals surface area (Å²) in [5.74, 6) is 0.00748. The lowest BCUT2D eigenvalue weighted by Crippen LogP contribution is -2.23. The highest BCUT2D eigenvalue weighted by Crippen LogP contribution is 2.12. The smallest absolute Gasteiger partial charge is 0.217 e. The molecule has 1 N–H and O–H groups in total. The van der Waals surface area contributed by atoms with E-state index in [-0.39, 0.29) is 11.9 Å². The molecule has 0 heterocycles. The molecule has 0 radical (unpaired) electrons. The van der Waals surface area contributed by atoms with Crippen LogP contribution in [-0.4, -0.2) is 5.91 Å². The Kier molecular flexibility index (Phi) is 3.07. The van der Waals surface area contributed by atoms with Crippen LogP contribution in [0.3, 0.4) is 0 Å². The maximum absolute atomic E-state index is 10.8. The number of hydrogen-bond donors (Lipinski definition) is 1. The van der Waals surface area contributed by atoms with E-state index in [9.17, 15) is 4.79 Å². The molecule has 1 atom stereocenters. The summed E-state index contributed by atoms with van der Waals surface area (Å²) in [4.78, 5) is 10.8. The van der Waals surface area contributed by atoms with Crippen LogP contribution >= 0.6 is 0 Å². The number of benzene rings is 1. The fourth-order valence-electron chi connectivity index (χ4n) is 1.24. The van der Waals surface area contributed by atoms with Gasteiger partial charge in [-0.2, -0.15) is 0 Å². The average molecular weight is 177 g/mol. The molecule has 0 fully saturated rings. The van der Waals surface area contributed by atoms with Crippen LogP contribution < -0.4 is 5.32 Å². The van der Waals surface area contributed by atoms with Crippen LogP contribution in [-0.2, 0) is 4.79 Å². The van der Waals surface area contributed by atoms with E-state index in [2.05, 4.69) is 5.32 Å². The van der Waals surface area contributed by atoms with E-state index in [0.29, 0.717) is 0 Å². The minimum absolute atomic E-state index is 0.00748. The second-order valence-corrected chi connectivity index (χ2v) is 3.33. The first kappa shape index (κ1) is 9.78. The van der Waals surface area contributed by atoms with Crippen molar-refractivity contribution in [3.63, 3.8) is 0 Å². The number of rotatable bonds is 2. The maximum atomic E-state index is 10.8. The zero-order valence-corrected chi connectivity index (χ0v) is 8.29. The van der Waals surface area contributed by atoms with Crippen LogP contribution in [0, 0.1) is 6.92 Å². The molecule has 0 saturated carbocycles. The van der Waals surface area contributed by atoms with Crippen molar-refractivity contribution in [1.29, 1.82) is 0 Å². The van der Waals surface area contributed by atoms with Crippen molar-refractivity contribution in [3.05, 3.63) is 35.4 Å². The lowest BCUT2D eigenvalue weighted by Gasteiger charge is -2.12. The third kappa shape index (κ3) is 2.90. The van der Waals surface area contributed by atoms with Crippen molar-refractivity contribution in [2.24, 2.45) is 0 Å². The van der Waals surface area contributed by atoms with Crippen molar-refractivity contribution >= 4 is 5.91 Å². The maximum Gasteiger partial charge on any atom is 0.217 e. The molecule has 0 aliphatic rings. The third-order valence-corrected chi connectivity index (χ3v) is 2.00. The lowest BCUT2D eigenvalue weighted by atomic mass is 10.1. The molecule has 70 valence electrons. The van der Waals surface area contributed by atoms with Gasteiger partial charge in [-0.1, -0.05) is 29.8 Å². The Morgan fingerprint density at radius 2 is 1.85 bits per heavy atom. The highest BCUT2D eigenvalue weighted by molar-refractivity contribution is 5.73. The number of carbonyl (C=O) groups excluding carboxylic acids is 1. The summed E-state index contributed by atoms with van der Waals surface area (Å²) in [5, 5.41) is 2.84. The third-order valence-electron chi connectivity index (χ3n) is 2.00. The van der Waals surface area contributed by atoms with Gasteiger partial charge in [-0.05, 0) is 19.4 Å². The predicted octanol–water partition coefficient (Wildman–Crippen LogP) is 2.19. The Balaban J connectivity index is 2.71. The molecule has 1 rings (SSSR count). The number of aryl methyl sites for hydroxylation is 1. The number of nitrogens with one attached hydrogen (secondary N) is 1. The zero-order valence-electron chi connectivity index (χ0n) is 8.29. The van der Waals surface area contributed by atoms with Crippen LogP contribution in [0.1, 0.15) is 31.0 Å². The molecule has 0 saturated heterocycles. The van der Waals surface area contributed by atoms with Crippen molar-refractivity contribution in [3.8, 4) is 0 Å². The molecule has 2 nitrogen and oxygen atoms in total. The monoisotopic (exact) mass is 177 g/mol. The summed E-state index contributed by atoms with van der Waals surface area (Å²) >= 11 is 0. The summed E-state index contributed by atoms with van der Waals surface area (Å²) in [6.07, 6.45) is 0. The number of carbonyl (C=O) groups is 1. The van der Waals surface area contributed by atoms with Gasteiger partial charge in [-0.15, -0.1) is 0 Å². The number of amides is 1. The highest BCUT2D eigenvalue weighted by Gasteiger charge is 2.04. The Hall–Kier alpha value is -1.31. The van der Waals surface area contributed by atoms with Gasteiger partial charge in [0.2, 0.25) is 5.91 Å². The molecule has 1 unspecified atom stereocenters. The lowest BCUT2D eigenvalue weighted by molar-refractivity contribution is -0.119. The Labute approximate surface area is 79.0 Å². The first-order valence-corrected chi connectivity index (χ1v) is 4.43. The van der Waals surface area contributed by atoms with Gasteiger partial charge in [-0.3, -0.25) is 4.79 Å². The van der Waals surface area contributed by atoms with Gasteiger partial charge < -0.3 is 5.32 Å². The van der Waals surface area contributed by atoms with Gasteiger partial charge in [0, 0.05) is 6.92 Å². The van der Waals surface area contributed by atoms with Crippen molar-refractivity contribution in [1.82, 2.24) is 5.32 Å². The molecule has 0 aromatic heterocycles. The fourth-order valence-corrected chi connectivity index (χ4v) is 1.24. The SMILES string of the molecule is CC(=O)NC(C)c1ccc(C)cc1. The van der Waals surface area contributed by atoms with E-state index in [1.54, 1.807) is 0 Å². The second-order valence-electron chi connectivity index (χ2n) is 3.33. The van der Waals surface area contributed by atoms with Crippen LogP contribution in [0.25, 0.3) is 0 Å². The summed E-state index contributed by atoms with van der Waals surface area (Å²) in [5.41, 5.74) is 2.37. The van der Waals surface area contributed by atoms with Crippen molar-refractivity contribution in [2.75, 3.05) is 0 Å². The molecular weight excluding hydrogens is 162 g/mol. The van der Waals surface area contributed by atoms with Gasteiger partial charge in [-0.25, -0.2) is 0 Å². The van der Waals surface area contributed by atoms with Gasteiger partial charge in [0.1, 0.15) is 0 Å². The summed E-state index contributed by atoms with van der Waals surface area (Å²) in [7, 11) is 0. The first-order valence-electron chi connectivity index (χ1n) is 4.43. The molecule has 1 aromatic rings. The molecule has 0 aliphatic heterocycles. The minimum atomic E-state index is 0.00748. The van der Waals surface area contributed by atoms with E-state index >= 15 is 0 Å². The molecular formula is C11H15NO. The summed E-state index contributed by atoms with van der Waals surface area (Å²) < 4.78 is 0. The highest BCUT2D eigenvalue weighted by atomic mass is 16.1. The van der Waals surface area contributed by atoms with E-state index < -0.39 is 0 Å². The summed E-state index contributed by atoms with van der Waals surface area (Å²) in [6, 6.07) is 8.27. The van der Waals surface area contributed by atoms with Crippen LogP contribution in [0.4, 0.5) is 0 Å². The van der Waals surface area contributed by atoms with E-state index in [1.165, 1.54) is 12.5 Å². The molecule has 0 bridgehead atoms. The summed E-state index contributed by atoms with van der Waals surface area (Å²) in [6.45, 7) is 5.56. The Morgan fingerprint density at radius 1 is 1.31 bits per heavy atom. The van der Waals surface area contributed by atoms with Crippen LogP contribution in [0.15, 0.2) is 24.3 Å². The van der Waals surface area contributed by atoms with E-state index in [4.69, 9.17) is 0 Å². The Bertz CT molecular complexity index is 289. The predicted molar refractivity (Wildman–Crippen MR) is 53.4 cm³/mol. The van der Waals surface area contributed by atoms with E-state index in [1.807, 2.05) is 38.1 Å². The van der Waals surface area contributed by atoms with Gasteiger partial charge in [0.05, 0.1) is 6.04 Å². The van der Waals surface area contributed by atoms with Gasteiger partial charge in [0.15, 0.2) is 0 Å². The molecule has 13 heavy (non-hydrogen) atoms.